The van der Waals surface area contributed by atoms with Gasteiger partial charge in [-0.15, -0.1) is 11.3 Å². The fraction of sp³-hybridized carbons (Fsp3) is 0. The third-order valence-corrected chi connectivity index (χ3v) is 8.04. The SMILES string of the molecule is c1ccc(-c2ccc(-c3ccc(-c4ccc5c(c4)c4ccccc4n5-c4ccccc4)cc3)s2)cc1. The predicted octanol–water partition coefficient (Wildman–Crippen LogP) is 9.85. The highest BCUT2D eigenvalue weighted by Crippen LogP contribution is 2.37. The van der Waals surface area contributed by atoms with Crippen molar-refractivity contribution in [3.8, 4) is 37.7 Å². The zero-order chi connectivity index (χ0) is 23.9. The van der Waals surface area contributed by atoms with E-state index in [2.05, 4.69) is 144 Å². The first-order valence-electron chi connectivity index (χ1n) is 12.2. The molecule has 0 aliphatic carbocycles. The second-order valence-corrected chi connectivity index (χ2v) is 10.1. The molecule has 0 unspecified atom stereocenters. The van der Waals surface area contributed by atoms with Crippen molar-refractivity contribution >= 4 is 33.1 Å². The molecule has 2 aromatic heterocycles. The van der Waals surface area contributed by atoms with Gasteiger partial charge < -0.3 is 4.57 Å². The summed E-state index contributed by atoms with van der Waals surface area (Å²) in [6, 6.07) is 50.2. The molecule has 170 valence electrons. The van der Waals surface area contributed by atoms with E-state index in [-0.39, 0.29) is 0 Å². The summed E-state index contributed by atoms with van der Waals surface area (Å²) < 4.78 is 2.36. The lowest BCUT2D eigenvalue weighted by atomic mass is 10.0. The Hall–Kier alpha value is -4.40. The topological polar surface area (TPSA) is 4.93 Å². The van der Waals surface area contributed by atoms with Crippen LogP contribution in [0.5, 0.6) is 0 Å². The first-order valence-corrected chi connectivity index (χ1v) is 13.0. The number of aromatic nitrogens is 1. The minimum atomic E-state index is 1.19. The van der Waals surface area contributed by atoms with Crippen molar-refractivity contribution in [2.45, 2.75) is 0 Å². The van der Waals surface area contributed by atoms with Crippen molar-refractivity contribution < 1.29 is 0 Å². The summed E-state index contributed by atoms with van der Waals surface area (Å²) in [5.74, 6) is 0. The van der Waals surface area contributed by atoms with Gasteiger partial charge in [-0.25, -0.2) is 0 Å². The van der Waals surface area contributed by atoms with Crippen LogP contribution in [-0.4, -0.2) is 4.57 Å². The molecule has 2 heterocycles. The maximum atomic E-state index is 2.36. The van der Waals surface area contributed by atoms with Crippen LogP contribution in [0.15, 0.2) is 140 Å². The first-order chi connectivity index (χ1) is 17.8. The molecule has 36 heavy (non-hydrogen) atoms. The van der Waals surface area contributed by atoms with Crippen LogP contribution in [0.2, 0.25) is 0 Å². The van der Waals surface area contributed by atoms with Crippen molar-refractivity contribution in [3.05, 3.63) is 140 Å². The van der Waals surface area contributed by atoms with Gasteiger partial charge in [-0.3, -0.25) is 0 Å². The largest absolute Gasteiger partial charge is 0.309 e. The molecule has 1 nitrogen and oxygen atoms in total. The van der Waals surface area contributed by atoms with E-state index in [1.807, 2.05) is 11.3 Å². The molecule has 0 saturated heterocycles. The van der Waals surface area contributed by atoms with Crippen molar-refractivity contribution in [1.82, 2.24) is 4.57 Å². The van der Waals surface area contributed by atoms with E-state index >= 15 is 0 Å². The molecule has 0 aliphatic heterocycles. The molecule has 2 heteroatoms. The van der Waals surface area contributed by atoms with Gasteiger partial charge in [-0.1, -0.05) is 97.1 Å². The Morgan fingerprint density at radius 2 is 0.944 bits per heavy atom. The van der Waals surface area contributed by atoms with Gasteiger partial charge in [-0.2, -0.15) is 0 Å². The van der Waals surface area contributed by atoms with Gasteiger partial charge in [-0.05, 0) is 64.7 Å². The number of rotatable bonds is 4. The Morgan fingerprint density at radius 3 is 1.69 bits per heavy atom. The summed E-state index contributed by atoms with van der Waals surface area (Å²) >= 11 is 1.84. The van der Waals surface area contributed by atoms with Crippen LogP contribution in [0.4, 0.5) is 0 Å². The quantitative estimate of drug-likeness (QED) is 0.238. The lowest BCUT2D eigenvalue weighted by molar-refractivity contribution is 1.18. The first kappa shape index (κ1) is 20.9. The molecule has 0 fully saturated rings. The van der Waals surface area contributed by atoms with Gasteiger partial charge >= 0.3 is 0 Å². The van der Waals surface area contributed by atoms with E-state index in [4.69, 9.17) is 0 Å². The van der Waals surface area contributed by atoms with Gasteiger partial charge in [0.1, 0.15) is 0 Å². The highest BCUT2D eigenvalue weighted by atomic mass is 32.1. The van der Waals surface area contributed by atoms with Crippen molar-refractivity contribution in [3.63, 3.8) is 0 Å². The summed E-state index contributed by atoms with van der Waals surface area (Å²) in [4.78, 5) is 2.59. The molecule has 5 aromatic carbocycles. The molecular formula is C34H23NS. The molecule has 0 atom stereocenters. The molecule has 0 spiro atoms. The molecular weight excluding hydrogens is 454 g/mol. The lowest BCUT2D eigenvalue weighted by Crippen LogP contribution is -1.92. The number of benzene rings is 5. The Morgan fingerprint density at radius 1 is 0.389 bits per heavy atom. The van der Waals surface area contributed by atoms with Crippen LogP contribution in [0.1, 0.15) is 0 Å². The third-order valence-electron chi connectivity index (χ3n) is 6.85. The van der Waals surface area contributed by atoms with E-state index in [0.29, 0.717) is 0 Å². The fourth-order valence-corrected chi connectivity index (χ4v) is 6.10. The number of hydrogen-bond acceptors (Lipinski definition) is 1. The summed E-state index contributed by atoms with van der Waals surface area (Å²) in [7, 11) is 0. The van der Waals surface area contributed by atoms with Crippen LogP contribution in [0.25, 0.3) is 59.5 Å². The lowest BCUT2D eigenvalue weighted by Gasteiger charge is -2.08. The van der Waals surface area contributed by atoms with Gasteiger partial charge in [0.25, 0.3) is 0 Å². The third kappa shape index (κ3) is 3.55. The second kappa shape index (κ2) is 8.67. The van der Waals surface area contributed by atoms with Crippen LogP contribution >= 0.6 is 11.3 Å². The van der Waals surface area contributed by atoms with Crippen molar-refractivity contribution in [1.29, 1.82) is 0 Å². The fourth-order valence-electron chi connectivity index (χ4n) is 5.09. The van der Waals surface area contributed by atoms with E-state index < -0.39 is 0 Å². The summed E-state index contributed by atoms with van der Waals surface area (Å²) in [5, 5.41) is 2.56. The van der Waals surface area contributed by atoms with E-state index in [1.54, 1.807) is 0 Å². The van der Waals surface area contributed by atoms with Crippen LogP contribution in [0, 0.1) is 0 Å². The predicted molar refractivity (Wildman–Crippen MR) is 155 cm³/mol. The maximum Gasteiger partial charge on any atom is 0.0541 e. The molecule has 0 amide bonds. The number of para-hydroxylation sites is 2. The molecule has 0 aliphatic rings. The highest BCUT2D eigenvalue weighted by Gasteiger charge is 2.13. The Labute approximate surface area is 214 Å². The van der Waals surface area contributed by atoms with E-state index in [0.717, 1.165) is 0 Å². The van der Waals surface area contributed by atoms with Crippen molar-refractivity contribution in [2.75, 3.05) is 0 Å². The Kier molecular flexibility index (Phi) is 5.04. The monoisotopic (exact) mass is 477 g/mol. The van der Waals surface area contributed by atoms with Gasteiger partial charge in [0.2, 0.25) is 0 Å². The minimum Gasteiger partial charge on any atom is -0.309 e. The molecule has 7 rings (SSSR count). The number of nitrogens with zero attached hydrogens (tertiary/aromatic N) is 1. The summed E-state index contributed by atoms with van der Waals surface area (Å²) in [6.45, 7) is 0. The minimum absolute atomic E-state index is 1.19. The number of hydrogen-bond donors (Lipinski definition) is 0. The Bertz CT molecular complexity index is 1810. The zero-order valence-electron chi connectivity index (χ0n) is 19.6. The average molecular weight is 478 g/mol. The van der Waals surface area contributed by atoms with E-state index in [9.17, 15) is 0 Å². The van der Waals surface area contributed by atoms with Gasteiger partial charge in [0.15, 0.2) is 0 Å². The molecule has 7 aromatic rings. The summed E-state index contributed by atoms with van der Waals surface area (Å²) in [5.41, 5.74) is 8.65. The van der Waals surface area contributed by atoms with Crippen LogP contribution < -0.4 is 0 Å². The van der Waals surface area contributed by atoms with Crippen LogP contribution in [0.3, 0.4) is 0 Å². The maximum absolute atomic E-state index is 2.36. The Balaban J connectivity index is 1.28. The average Bonchev–Trinajstić information content (AvgIpc) is 3.57. The number of thiophene rings is 1. The van der Waals surface area contributed by atoms with E-state index in [1.165, 1.54) is 59.5 Å². The smallest absolute Gasteiger partial charge is 0.0541 e. The summed E-state index contributed by atoms with van der Waals surface area (Å²) in [6.07, 6.45) is 0. The molecule has 0 N–H and O–H groups in total. The molecule has 0 saturated carbocycles. The number of fused-ring (bicyclic) bond motifs is 3. The van der Waals surface area contributed by atoms with Gasteiger partial charge in [0.05, 0.1) is 11.0 Å². The van der Waals surface area contributed by atoms with Crippen LogP contribution in [-0.2, 0) is 0 Å². The van der Waals surface area contributed by atoms with Crippen molar-refractivity contribution in [2.24, 2.45) is 0 Å². The van der Waals surface area contributed by atoms with Gasteiger partial charge in [0, 0.05) is 26.2 Å². The molecule has 0 bridgehead atoms. The standard InChI is InChI=1S/C34H23NS/c1-3-9-25(10-4-1)33-21-22-34(36-33)26-17-15-24(16-18-26)27-19-20-32-30(23-27)29-13-7-8-14-31(29)35(32)28-11-5-2-6-12-28/h1-23H. The zero-order valence-corrected chi connectivity index (χ0v) is 20.5. The normalized spacial score (nSPS) is 11.3. The second-order valence-electron chi connectivity index (χ2n) is 9.03. The highest BCUT2D eigenvalue weighted by molar-refractivity contribution is 7.18. The molecule has 0 radical (unpaired) electrons.